The zero-order valence-corrected chi connectivity index (χ0v) is 8.08. The molecule has 6 heteroatoms. The largest absolute Gasteiger partial charge is 0.224 e. The lowest BCUT2D eigenvalue weighted by Gasteiger charge is -2.02. The smallest absolute Gasteiger partial charge is 0.209 e. The zero-order chi connectivity index (χ0) is 9.31. The number of hydrogen-bond donors (Lipinski definition) is 0. The molecule has 1 heterocycles. The van der Waals surface area contributed by atoms with Gasteiger partial charge in [-0.3, -0.25) is 0 Å². The van der Waals surface area contributed by atoms with Gasteiger partial charge in [0.2, 0.25) is 5.16 Å². The molecule has 0 spiro atoms. The highest BCUT2D eigenvalue weighted by atomic mass is 32.2. The van der Waals surface area contributed by atoms with E-state index in [9.17, 15) is 0 Å². The summed E-state index contributed by atoms with van der Waals surface area (Å²) in [6.45, 7) is 0. The second kappa shape index (κ2) is 3.00. The molecule has 1 aromatic rings. The Morgan fingerprint density at radius 2 is 2.46 bits per heavy atom. The van der Waals surface area contributed by atoms with E-state index in [0.29, 0.717) is 0 Å². The minimum absolute atomic E-state index is 0.0867. The van der Waals surface area contributed by atoms with E-state index in [0.717, 1.165) is 23.8 Å². The number of aryl methyl sites for hydroxylation is 1. The molecule has 2 rings (SSSR count). The van der Waals surface area contributed by atoms with Gasteiger partial charge >= 0.3 is 0 Å². The molecule has 0 unspecified atom stereocenters. The van der Waals surface area contributed by atoms with Crippen LogP contribution in [0.15, 0.2) is 5.16 Å². The van der Waals surface area contributed by atoms with E-state index in [1.807, 2.05) is 0 Å². The van der Waals surface area contributed by atoms with Crippen LogP contribution in [0, 0.1) is 16.7 Å². The Morgan fingerprint density at radius 1 is 1.69 bits per heavy atom. The van der Waals surface area contributed by atoms with E-state index in [-0.39, 0.29) is 5.41 Å². The van der Waals surface area contributed by atoms with Crippen LogP contribution in [-0.4, -0.2) is 26.0 Å². The van der Waals surface area contributed by atoms with E-state index >= 15 is 0 Å². The lowest BCUT2D eigenvalue weighted by Crippen LogP contribution is -2.01. The van der Waals surface area contributed by atoms with Gasteiger partial charge in [0.15, 0.2) is 0 Å². The molecule has 13 heavy (non-hydrogen) atoms. The standard InChI is InChI=1S/C7H9N5S/c1-12-6(9-10-11-12)13-5-7(4-8)2-3-7/h2-3,5H2,1H3. The second-order valence-electron chi connectivity index (χ2n) is 3.27. The number of nitriles is 1. The molecule has 0 amide bonds. The zero-order valence-electron chi connectivity index (χ0n) is 7.27. The maximum absolute atomic E-state index is 8.83. The summed E-state index contributed by atoms with van der Waals surface area (Å²) < 4.78 is 1.62. The highest BCUT2D eigenvalue weighted by Crippen LogP contribution is 2.48. The fourth-order valence-corrected chi connectivity index (χ4v) is 2.06. The summed E-state index contributed by atoms with van der Waals surface area (Å²) in [6, 6.07) is 2.34. The Labute approximate surface area is 80.1 Å². The van der Waals surface area contributed by atoms with Crippen LogP contribution in [0.3, 0.4) is 0 Å². The molecule has 1 fully saturated rings. The first-order valence-corrected chi connectivity index (χ1v) is 5.01. The number of tetrazole rings is 1. The molecule has 1 aliphatic rings. The molecule has 0 atom stereocenters. The molecule has 1 aromatic heterocycles. The van der Waals surface area contributed by atoms with Gasteiger partial charge in [0.25, 0.3) is 0 Å². The molecule has 1 aliphatic carbocycles. The van der Waals surface area contributed by atoms with Gasteiger partial charge in [-0.05, 0) is 23.3 Å². The highest BCUT2D eigenvalue weighted by molar-refractivity contribution is 7.99. The summed E-state index contributed by atoms with van der Waals surface area (Å²) in [4.78, 5) is 0. The molecule has 0 aliphatic heterocycles. The first kappa shape index (κ1) is 8.51. The van der Waals surface area contributed by atoms with Gasteiger partial charge in [-0.1, -0.05) is 11.8 Å². The summed E-state index contributed by atoms with van der Waals surface area (Å²) in [6.07, 6.45) is 2.03. The molecular formula is C7H9N5S. The van der Waals surface area contributed by atoms with Crippen molar-refractivity contribution in [3.63, 3.8) is 0 Å². The first-order chi connectivity index (χ1) is 6.26. The topological polar surface area (TPSA) is 67.4 Å². The van der Waals surface area contributed by atoms with Crippen molar-refractivity contribution in [3.8, 4) is 6.07 Å². The van der Waals surface area contributed by atoms with Crippen molar-refractivity contribution in [1.29, 1.82) is 5.26 Å². The van der Waals surface area contributed by atoms with Crippen LogP contribution in [0.5, 0.6) is 0 Å². The summed E-state index contributed by atoms with van der Waals surface area (Å²) in [5, 5.41) is 20.7. The van der Waals surface area contributed by atoms with Crippen LogP contribution in [0.25, 0.3) is 0 Å². The molecule has 0 aromatic carbocycles. The van der Waals surface area contributed by atoms with Crippen molar-refractivity contribution in [2.45, 2.75) is 18.0 Å². The van der Waals surface area contributed by atoms with Crippen LogP contribution in [0.1, 0.15) is 12.8 Å². The van der Waals surface area contributed by atoms with E-state index < -0.39 is 0 Å². The Bertz CT molecular complexity index is 348. The fraction of sp³-hybridized carbons (Fsp3) is 0.714. The summed E-state index contributed by atoms with van der Waals surface area (Å²) in [7, 11) is 1.80. The number of hydrogen-bond acceptors (Lipinski definition) is 5. The molecule has 0 bridgehead atoms. The van der Waals surface area contributed by atoms with Gasteiger partial charge in [-0.2, -0.15) is 5.26 Å². The fourth-order valence-electron chi connectivity index (χ4n) is 0.986. The lowest BCUT2D eigenvalue weighted by molar-refractivity contribution is 0.662. The minimum Gasteiger partial charge on any atom is -0.224 e. The molecule has 1 saturated carbocycles. The van der Waals surface area contributed by atoms with Gasteiger partial charge in [-0.15, -0.1) is 5.10 Å². The van der Waals surface area contributed by atoms with Crippen LogP contribution in [0.2, 0.25) is 0 Å². The van der Waals surface area contributed by atoms with E-state index in [1.54, 1.807) is 23.5 Å². The average Bonchev–Trinajstić information content (AvgIpc) is 2.82. The van der Waals surface area contributed by atoms with Crippen LogP contribution in [-0.2, 0) is 7.05 Å². The summed E-state index contributed by atoms with van der Waals surface area (Å²) in [5.41, 5.74) is -0.0867. The lowest BCUT2D eigenvalue weighted by atomic mass is 10.2. The SMILES string of the molecule is Cn1nnnc1SCC1(C#N)CC1. The van der Waals surface area contributed by atoms with Gasteiger partial charge in [-0.25, -0.2) is 4.68 Å². The van der Waals surface area contributed by atoms with Crippen LogP contribution in [0.4, 0.5) is 0 Å². The predicted molar refractivity (Wildman–Crippen MR) is 46.8 cm³/mol. The van der Waals surface area contributed by atoms with Gasteiger partial charge in [0, 0.05) is 12.8 Å². The molecule has 0 saturated heterocycles. The Kier molecular flexibility index (Phi) is 1.96. The van der Waals surface area contributed by atoms with Gasteiger partial charge in [0.1, 0.15) is 0 Å². The molecular weight excluding hydrogens is 186 g/mol. The Morgan fingerprint density at radius 3 is 2.92 bits per heavy atom. The number of rotatable bonds is 3. The van der Waals surface area contributed by atoms with Crippen molar-refractivity contribution in [2.75, 3.05) is 5.75 Å². The quantitative estimate of drug-likeness (QED) is 0.661. The molecule has 0 N–H and O–H groups in total. The Balaban J connectivity index is 1.94. The normalized spacial score (nSPS) is 18.2. The third-order valence-electron chi connectivity index (χ3n) is 2.15. The van der Waals surface area contributed by atoms with E-state index in [4.69, 9.17) is 5.26 Å². The van der Waals surface area contributed by atoms with E-state index in [1.165, 1.54) is 0 Å². The van der Waals surface area contributed by atoms with Crippen molar-refractivity contribution in [1.82, 2.24) is 20.2 Å². The van der Waals surface area contributed by atoms with Gasteiger partial charge < -0.3 is 0 Å². The van der Waals surface area contributed by atoms with E-state index in [2.05, 4.69) is 21.6 Å². The van der Waals surface area contributed by atoms with Crippen molar-refractivity contribution in [2.24, 2.45) is 12.5 Å². The third-order valence-corrected chi connectivity index (χ3v) is 3.45. The third kappa shape index (κ3) is 1.65. The summed E-state index contributed by atoms with van der Waals surface area (Å²) >= 11 is 1.55. The van der Waals surface area contributed by atoms with Crippen molar-refractivity contribution >= 4 is 11.8 Å². The van der Waals surface area contributed by atoms with Crippen LogP contribution >= 0.6 is 11.8 Å². The Hall–Kier alpha value is -1.09. The molecule has 5 nitrogen and oxygen atoms in total. The van der Waals surface area contributed by atoms with Crippen molar-refractivity contribution in [3.05, 3.63) is 0 Å². The monoisotopic (exact) mass is 195 g/mol. The molecule has 0 radical (unpaired) electrons. The number of thioether (sulfide) groups is 1. The maximum Gasteiger partial charge on any atom is 0.209 e. The van der Waals surface area contributed by atoms with Crippen molar-refractivity contribution < 1.29 is 0 Å². The maximum atomic E-state index is 8.83. The minimum atomic E-state index is -0.0867. The number of aromatic nitrogens is 4. The molecule has 68 valence electrons. The number of nitrogens with zero attached hydrogens (tertiary/aromatic N) is 5. The summed E-state index contributed by atoms with van der Waals surface area (Å²) in [5.74, 6) is 0.803. The van der Waals surface area contributed by atoms with Crippen LogP contribution < -0.4 is 0 Å². The highest BCUT2D eigenvalue weighted by Gasteiger charge is 2.43. The first-order valence-electron chi connectivity index (χ1n) is 4.02. The average molecular weight is 195 g/mol. The second-order valence-corrected chi connectivity index (χ2v) is 4.21. The van der Waals surface area contributed by atoms with Gasteiger partial charge in [0.05, 0.1) is 11.5 Å². The predicted octanol–water partition coefficient (Wildman–Crippen LogP) is 0.606.